The number of nitrogens with zero attached hydrogens (tertiary/aromatic N) is 4. The molecule has 2 aromatic rings. The molecule has 3 rings (SSSR count). The Labute approximate surface area is 126 Å². The Balaban J connectivity index is 1.66. The molecule has 0 radical (unpaired) electrons. The standard InChI is InChI=1S/C16H25N5/c1-4-21-7-5-6-14(11-21)17-9-13-8-15-12(2)19-20(3)16(15)18-10-13/h8,10,14,17H,4-7,9,11H2,1-3H3. The zero-order chi connectivity index (χ0) is 14.8. The summed E-state index contributed by atoms with van der Waals surface area (Å²) >= 11 is 0. The normalized spacial score (nSPS) is 20.2. The molecule has 21 heavy (non-hydrogen) atoms. The fraction of sp³-hybridized carbons (Fsp3) is 0.625. The van der Waals surface area contributed by atoms with Gasteiger partial charge in [-0.3, -0.25) is 4.68 Å². The minimum absolute atomic E-state index is 0.601. The van der Waals surface area contributed by atoms with Crippen LogP contribution in [-0.4, -0.2) is 45.3 Å². The van der Waals surface area contributed by atoms with E-state index in [1.165, 1.54) is 24.9 Å². The van der Waals surface area contributed by atoms with E-state index in [1.54, 1.807) is 0 Å². The van der Waals surface area contributed by atoms with Crippen LogP contribution < -0.4 is 5.32 Å². The van der Waals surface area contributed by atoms with Gasteiger partial charge in [-0.2, -0.15) is 5.10 Å². The van der Waals surface area contributed by atoms with Crippen LogP contribution >= 0.6 is 0 Å². The second-order valence-corrected chi connectivity index (χ2v) is 6.04. The summed E-state index contributed by atoms with van der Waals surface area (Å²) in [6.45, 7) is 8.74. The van der Waals surface area contributed by atoms with Crippen LogP contribution in [0.1, 0.15) is 31.0 Å². The highest BCUT2D eigenvalue weighted by Crippen LogP contribution is 2.17. The summed E-state index contributed by atoms with van der Waals surface area (Å²) in [4.78, 5) is 7.07. The van der Waals surface area contributed by atoms with Crippen LogP contribution in [0.25, 0.3) is 11.0 Å². The maximum absolute atomic E-state index is 4.55. The number of hydrogen-bond donors (Lipinski definition) is 1. The van der Waals surface area contributed by atoms with E-state index in [-0.39, 0.29) is 0 Å². The summed E-state index contributed by atoms with van der Waals surface area (Å²) in [6, 6.07) is 2.82. The lowest BCUT2D eigenvalue weighted by molar-refractivity contribution is 0.198. The molecule has 0 saturated carbocycles. The van der Waals surface area contributed by atoms with Crippen LogP contribution in [0, 0.1) is 6.92 Å². The molecule has 114 valence electrons. The molecule has 0 aromatic carbocycles. The smallest absolute Gasteiger partial charge is 0.157 e. The first-order valence-corrected chi connectivity index (χ1v) is 7.91. The Morgan fingerprint density at radius 3 is 3.10 bits per heavy atom. The number of nitrogens with one attached hydrogen (secondary N) is 1. The van der Waals surface area contributed by atoms with Gasteiger partial charge in [0.05, 0.1) is 5.69 Å². The highest BCUT2D eigenvalue weighted by Gasteiger charge is 2.18. The largest absolute Gasteiger partial charge is 0.309 e. The van der Waals surface area contributed by atoms with Crippen LogP contribution in [0.5, 0.6) is 0 Å². The molecular formula is C16H25N5. The number of aromatic nitrogens is 3. The van der Waals surface area contributed by atoms with E-state index in [0.717, 1.165) is 36.4 Å². The molecule has 0 aliphatic carbocycles. The molecule has 0 spiro atoms. The van der Waals surface area contributed by atoms with Crippen molar-refractivity contribution in [2.24, 2.45) is 7.05 Å². The predicted octanol–water partition coefficient (Wildman–Crippen LogP) is 1.85. The fourth-order valence-electron chi connectivity index (χ4n) is 3.22. The summed E-state index contributed by atoms with van der Waals surface area (Å²) in [5.74, 6) is 0. The van der Waals surface area contributed by atoms with Gasteiger partial charge in [0, 0.05) is 37.8 Å². The highest BCUT2D eigenvalue weighted by atomic mass is 15.3. The number of hydrogen-bond acceptors (Lipinski definition) is 4. The van der Waals surface area contributed by atoms with Gasteiger partial charge in [0.15, 0.2) is 5.65 Å². The number of aryl methyl sites for hydroxylation is 2. The lowest BCUT2D eigenvalue weighted by atomic mass is 10.1. The Kier molecular flexibility index (Phi) is 4.22. The minimum Gasteiger partial charge on any atom is -0.309 e. The number of fused-ring (bicyclic) bond motifs is 1. The van der Waals surface area contributed by atoms with Crippen LogP contribution in [0.15, 0.2) is 12.3 Å². The van der Waals surface area contributed by atoms with Gasteiger partial charge in [0.25, 0.3) is 0 Å². The molecule has 5 nitrogen and oxygen atoms in total. The van der Waals surface area contributed by atoms with E-state index in [0.29, 0.717) is 6.04 Å². The molecule has 1 unspecified atom stereocenters. The number of likely N-dealkylation sites (tertiary alicyclic amines) is 1. The van der Waals surface area contributed by atoms with Crippen molar-refractivity contribution in [3.63, 3.8) is 0 Å². The lowest BCUT2D eigenvalue weighted by Gasteiger charge is -2.32. The van der Waals surface area contributed by atoms with Crippen LogP contribution in [0.4, 0.5) is 0 Å². The predicted molar refractivity (Wildman–Crippen MR) is 85.2 cm³/mol. The van der Waals surface area contributed by atoms with E-state index < -0.39 is 0 Å². The van der Waals surface area contributed by atoms with Gasteiger partial charge in [-0.15, -0.1) is 0 Å². The van der Waals surface area contributed by atoms with Gasteiger partial charge in [-0.1, -0.05) is 6.92 Å². The third kappa shape index (κ3) is 3.09. The van der Waals surface area contributed by atoms with Crippen molar-refractivity contribution in [1.82, 2.24) is 25.0 Å². The molecule has 1 fully saturated rings. The van der Waals surface area contributed by atoms with Gasteiger partial charge >= 0.3 is 0 Å². The molecule has 1 N–H and O–H groups in total. The average molecular weight is 287 g/mol. The molecule has 1 saturated heterocycles. The molecule has 1 aliphatic heterocycles. The summed E-state index contributed by atoms with van der Waals surface area (Å²) in [5.41, 5.74) is 3.26. The second-order valence-electron chi connectivity index (χ2n) is 6.04. The van der Waals surface area contributed by atoms with Crippen molar-refractivity contribution < 1.29 is 0 Å². The molecule has 0 bridgehead atoms. The number of piperidine rings is 1. The first kappa shape index (κ1) is 14.5. The van der Waals surface area contributed by atoms with Gasteiger partial charge in [-0.25, -0.2) is 4.98 Å². The lowest BCUT2D eigenvalue weighted by Crippen LogP contribution is -2.45. The van der Waals surface area contributed by atoms with Gasteiger partial charge in [0.1, 0.15) is 0 Å². The highest BCUT2D eigenvalue weighted by molar-refractivity contribution is 5.78. The number of pyridine rings is 1. The zero-order valence-electron chi connectivity index (χ0n) is 13.3. The third-order valence-corrected chi connectivity index (χ3v) is 4.47. The zero-order valence-corrected chi connectivity index (χ0v) is 13.3. The molecule has 2 aromatic heterocycles. The Morgan fingerprint density at radius 1 is 1.43 bits per heavy atom. The van der Waals surface area contributed by atoms with Crippen LogP contribution in [0.2, 0.25) is 0 Å². The SMILES string of the molecule is CCN1CCCC(NCc2cnc3c(c2)c(C)nn3C)C1. The summed E-state index contributed by atoms with van der Waals surface area (Å²) < 4.78 is 1.85. The van der Waals surface area contributed by atoms with Crippen molar-refractivity contribution in [3.05, 3.63) is 23.5 Å². The Hall–Kier alpha value is -1.46. The van der Waals surface area contributed by atoms with E-state index in [2.05, 4.69) is 33.3 Å². The Morgan fingerprint density at radius 2 is 2.29 bits per heavy atom. The summed E-state index contributed by atoms with van der Waals surface area (Å²) in [5, 5.41) is 9.28. The van der Waals surface area contributed by atoms with Crippen LogP contribution in [0.3, 0.4) is 0 Å². The van der Waals surface area contributed by atoms with Crippen LogP contribution in [-0.2, 0) is 13.6 Å². The quantitative estimate of drug-likeness (QED) is 0.932. The van der Waals surface area contributed by atoms with Crippen molar-refractivity contribution >= 4 is 11.0 Å². The van der Waals surface area contributed by atoms with E-state index in [1.807, 2.05) is 24.9 Å². The third-order valence-electron chi connectivity index (χ3n) is 4.47. The van der Waals surface area contributed by atoms with E-state index in [9.17, 15) is 0 Å². The molecular weight excluding hydrogens is 262 g/mol. The van der Waals surface area contributed by atoms with Gasteiger partial charge in [0.2, 0.25) is 0 Å². The Bertz CT molecular complexity index is 618. The van der Waals surface area contributed by atoms with E-state index >= 15 is 0 Å². The first-order chi connectivity index (χ1) is 10.2. The van der Waals surface area contributed by atoms with Crippen molar-refractivity contribution in [2.45, 2.75) is 39.3 Å². The fourth-order valence-corrected chi connectivity index (χ4v) is 3.22. The van der Waals surface area contributed by atoms with Crippen molar-refractivity contribution in [3.8, 4) is 0 Å². The van der Waals surface area contributed by atoms with Crippen molar-refractivity contribution in [1.29, 1.82) is 0 Å². The average Bonchev–Trinajstić information content (AvgIpc) is 2.80. The molecule has 1 atom stereocenters. The van der Waals surface area contributed by atoms with Gasteiger partial charge < -0.3 is 10.2 Å². The van der Waals surface area contributed by atoms with E-state index in [4.69, 9.17) is 0 Å². The van der Waals surface area contributed by atoms with Gasteiger partial charge in [-0.05, 0) is 44.5 Å². The second kappa shape index (κ2) is 6.12. The number of rotatable bonds is 4. The topological polar surface area (TPSA) is 46.0 Å². The summed E-state index contributed by atoms with van der Waals surface area (Å²) in [6.07, 6.45) is 4.54. The molecule has 0 amide bonds. The first-order valence-electron chi connectivity index (χ1n) is 7.91. The minimum atomic E-state index is 0.601. The van der Waals surface area contributed by atoms with Crippen molar-refractivity contribution in [2.75, 3.05) is 19.6 Å². The molecule has 1 aliphatic rings. The summed E-state index contributed by atoms with van der Waals surface area (Å²) in [7, 11) is 1.95. The maximum atomic E-state index is 4.55. The monoisotopic (exact) mass is 287 g/mol. The maximum Gasteiger partial charge on any atom is 0.157 e. The number of likely N-dealkylation sites (N-methyl/N-ethyl adjacent to an activating group) is 1. The molecule has 5 heteroatoms. The molecule has 3 heterocycles.